The van der Waals surface area contributed by atoms with E-state index in [-0.39, 0.29) is 5.92 Å². The fourth-order valence-corrected chi connectivity index (χ4v) is 3.94. The van der Waals surface area contributed by atoms with Crippen LogP contribution >= 0.6 is 0 Å². The van der Waals surface area contributed by atoms with E-state index in [1.165, 1.54) is 12.8 Å². The highest BCUT2D eigenvalue weighted by molar-refractivity contribution is 5.29. The zero-order valence-electron chi connectivity index (χ0n) is 15.2. The number of benzene rings is 1. The van der Waals surface area contributed by atoms with Gasteiger partial charge in [-0.1, -0.05) is 31.1 Å². The third-order valence-corrected chi connectivity index (χ3v) is 5.41. The summed E-state index contributed by atoms with van der Waals surface area (Å²) >= 11 is 0. The molecule has 2 aliphatic carbocycles. The Morgan fingerprint density at radius 3 is 2.48 bits per heavy atom. The molecule has 0 bridgehead atoms. The van der Waals surface area contributed by atoms with Crippen LogP contribution in [0.15, 0.2) is 48.3 Å². The molecule has 2 aliphatic rings. The molecule has 2 N–H and O–H groups in total. The lowest BCUT2D eigenvalue weighted by Crippen LogP contribution is -2.45. The van der Waals surface area contributed by atoms with Crippen LogP contribution in [-0.2, 0) is 4.74 Å². The lowest BCUT2D eigenvalue weighted by atomic mass is 9.78. The van der Waals surface area contributed by atoms with Gasteiger partial charge < -0.3 is 19.9 Å². The molecule has 0 radical (unpaired) electrons. The van der Waals surface area contributed by atoms with E-state index in [0.29, 0.717) is 12.1 Å². The van der Waals surface area contributed by atoms with E-state index in [9.17, 15) is 5.11 Å². The number of nitrogens with one attached hydrogen (secondary N) is 1. The predicted molar refractivity (Wildman–Crippen MR) is 99.5 cm³/mol. The first-order valence-corrected chi connectivity index (χ1v) is 9.21. The Kier molecular flexibility index (Phi) is 6.16. The van der Waals surface area contributed by atoms with E-state index in [4.69, 9.17) is 9.47 Å². The van der Waals surface area contributed by atoms with E-state index in [2.05, 4.69) is 17.5 Å². The molecule has 1 fully saturated rings. The maximum atomic E-state index is 11.0. The Morgan fingerprint density at radius 1 is 1.08 bits per heavy atom. The van der Waals surface area contributed by atoms with E-state index < -0.39 is 6.10 Å². The Labute approximate surface area is 150 Å². The predicted octanol–water partition coefficient (Wildman–Crippen LogP) is 3.74. The van der Waals surface area contributed by atoms with Crippen LogP contribution in [0.5, 0.6) is 5.75 Å². The molecule has 1 aromatic rings. The van der Waals surface area contributed by atoms with E-state index in [1.807, 2.05) is 30.3 Å². The third-order valence-electron chi connectivity index (χ3n) is 5.41. The SMILES string of the molecule is COC1=CCC(NC2CCCCC2C(O)c2ccc(OC)cc2)C=C1. The summed E-state index contributed by atoms with van der Waals surface area (Å²) in [5, 5.41) is 14.7. The zero-order valence-corrected chi connectivity index (χ0v) is 15.2. The van der Waals surface area contributed by atoms with E-state index in [0.717, 1.165) is 36.3 Å². The average molecular weight is 343 g/mol. The van der Waals surface area contributed by atoms with Gasteiger partial charge in [-0.3, -0.25) is 0 Å². The molecule has 4 heteroatoms. The van der Waals surface area contributed by atoms with Crippen molar-refractivity contribution in [1.82, 2.24) is 5.32 Å². The Hall–Kier alpha value is -1.78. The minimum Gasteiger partial charge on any atom is -0.497 e. The maximum absolute atomic E-state index is 11.0. The standard InChI is InChI=1S/C21H29NO3/c1-24-17-11-7-15(8-12-17)21(23)19-5-3-4-6-20(19)22-16-9-13-18(25-2)14-10-16/h7-9,11-14,16,19-23H,3-6,10H2,1-2H3. The van der Waals surface area contributed by atoms with Crippen molar-refractivity contribution in [3.8, 4) is 5.75 Å². The van der Waals surface area contributed by atoms with Gasteiger partial charge in [-0.2, -0.15) is 0 Å². The highest BCUT2D eigenvalue weighted by Crippen LogP contribution is 2.35. The number of allylic oxidation sites excluding steroid dienone is 1. The monoisotopic (exact) mass is 343 g/mol. The molecule has 1 saturated carbocycles. The van der Waals surface area contributed by atoms with Gasteiger partial charge in [-0.05, 0) is 49.1 Å². The Morgan fingerprint density at radius 2 is 1.84 bits per heavy atom. The minimum absolute atomic E-state index is 0.239. The smallest absolute Gasteiger partial charge is 0.118 e. The number of aliphatic hydroxyl groups is 1. The molecule has 25 heavy (non-hydrogen) atoms. The molecule has 4 atom stereocenters. The summed E-state index contributed by atoms with van der Waals surface area (Å²) in [6, 6.07) is 8.44. The van der Waals surface area contributed by atoms with Crippen molar-refractivity contribution < 1.29 is 14.6 Å². The molecule has 0 spiro atoms. The van der Waals surface area contributed by atoms with Gasteiger partial charge in [0.15, 0.2) is 0 Å². The maximum Gasteiger partial charge on any atom is 0.118 e. The van der Waals surface area contributed by atoms with Gasteiger partial charge in [0.25, 0.3) is 0 Å². The zero-order chi connectivity index (χ0) is 17.6. The lowest BCUT2D eigenvalue weighted by Gasteiger charge is -2.37. The van der Waals surface area contributed by atoms with Crippen LogP contribution < -0.4 is 10.1 Å². The molecule has 3 rings (SSSR count). The third kappa shape index (κ3) is 4.44. The summed E-state index contributed by atoms with van der Waals surface area (Å²) in [6.07, 6.45) is 11.4. The summed E-state index contributed by atoms with van der Waals surface area (Å²) in [5.41, 5.74) is 0.972. The number of hydrogen-bond acceptors (Lipinski definition) is 4. The first kappa shape index (κ1) is 18.0. The molecule has 0 amide bonds. The number of methoxy groups -OCH3 is 2. The number of rotatable bonds is 6. The van der Waals surface area contributed by atoms with Crippen molar-refractivity contribution in [3.05, 3.63) is 53.8 Å². The second kappa shape index (κ2) is 8.54. The first-order valence-electron chi connectivity index (χ1n) is 9.21. The normalized spacial score (nSPS) is 27.5. The van der Waals surface area contributed by atoms with Crippen molar-refractivity contribution in [2.45, 2.75) is 50.3 Å². The van der Waals surface area contributed by atoms with Crippen LogP contribution in [0.2, 0.25) is 0 Å². The molecule has 0 heterocycles. The average Bonchev–Trinajstić information content (AvgIpc) is 2.68. The second-order valence-corrected chi connectivity index (χ2v) is 6.95. The van der Waals surface area contributed by atoms with Crippen LogP contribution in [0.25, 0.3) is 0 Å². The first-order chi connectivity index (χ1) is 12.2. The summed E-state index contributed by atoms with van der Waals surface area (Å²) in [6.45, 7) is 0. The van der Waals surface area contributed by atoms with Crippen LogP contribution in [-0.4, -0.2) is 31.4 Å². The van der Waals surface area contributed by atoms with Gasteiger partial charge in [0.1, 0.15) is 11.5 Å². The van der Waals surface area contributed by atoms with Crippen molar-refractivity contribution in [2.75, 3.05) is 14.2 Å². The van der Waals surface area contributed by atoms with E-state index in [1.54, 1.807) is 14.2 Å². The fourth-order valence-electron chi connectivity index (χ4n) is 3.94. The largest absolute Gasteiger partial charge is 0.497 e. The molecule has 0 aromatic heterocycles. The molecular weight excluding hydrogens is 314 g/mol. The highest BCUT2D eigenvalue weighted by atomic mass is 16.5. The van der Waals surface area contributed by atoms with Crippen molar-refractivity contribution in [3.63, 3.8) is 0 Å². The summed E-state index contributed by atoms with van der Waals surface area (Å²) < 4.78 is 10.5. The van der Waals surface area contributed by atoms with Gasteiger partial charge in [-0.25, -0.2) is 0 Å². The van der Waals surface area contributed by atoms with Gasteiger partial charge >= 0.3 is 0 Å². The molecular formula is C21H29NO3. The number of aliphatic hydroxyl groups excluding tert-OH is 1. The van der Waals surface area contributed by atoms with Crippen molar-refractivity contribution in [1.29, 1.82) is 0 Å². The van der Waals surface area contributed by atoms with Crippen LogP contribution in [0.1, 0.15) is 43.8 Å². The van der Waals surface area contributed by atoms with Gasteiger partial charge in [0, 0.05) is 18.0 Å². The summed E-state index contributed by atoms with van der Waals surface area (Å²) in [5.74, 6) is 1.99. The van der Waals surface area contributed by atoms with Gasteiger partial charge in [0.2, 0.25) is 0 Å². The van der Waals surface area contributed by atoms with Crippen LogP contribution in [0.3, 0.4) is 0 Å². The lowest BCUT2D eigenvalue weighted by molar-refractivity contribution is 0.0595. The number of hydrogen-bond donors (Lipinski definition) is 2. The fraction of sp³-hybridized carbons (Fsp3) is 0.524. The van der Waals surface area contributed by atoms with E-state index >= 15 is 0 Å². The molecule has 1 aromatic carbocycles. The molecule has 136 valence electrons. The molecule has 0 saturated heterocycles. The second-order valence-electron chi connectivity index (χ2n) is 6.95. The van der Waals surface area contributed by atoms with Gasteiger partial charge in [0.05, 0.1) is 20.3 Å². The molecule has 0 aliphatic heterocycles. The quantitative estimate of drug-likeness (QED) is 0.826. The van der Waals surface area contributed by atoms with Crippen molar-refractivity contribution in [2.24, 2.45) is 5.92 Å². The molecule has 4 unspecified atom stereocenters. The van der Waals surface area contributed by atoms with Gasteiger partial charge in [-0.15, -0.1) is 0 Å². The molecule has 4 nitrogen and oxygen atoms in total. The van der Waals surface area contributed by atoms with Crippen LogP contribution in [0.4, 0.5) is 0 Å². The Balaban J connectivity index is 1.66. The minimum atomic E-state index is -0.443. The summed E-state index contributed by atoms with van der Waals surface area (Å²) in [4.78, 5) is 0. The topological polar surface area (TPSA) is 50.7 Å². The van der Waals surface area contributed by atoms with Crippen molar-refractivity contribution >= 4 is 0 Å². The highest BCUT2D eigenvalue weighted by Gasteiger charge is 2.32. The number of ether oxygens (including phenoxy) is 2. The Bertz CT molecular complexity index is 608. The summed E-state index contributed by atoms with van der Waals surface area (Å²) in [7, 11) is 3.36. The van der Waals surface area contributed by atoms with Crippen LogP contribution in [0, 0.1) is 5.92 Å².